The number of carbonyl (C=O) groups excluding carboxylic acids is 1. The number of thioether (sulfide) groups is 1. The number of amides is 1. The van der Waals surface area contributed by atoms with Crippen molar-refractivity contribution in [3.8, 4) is 0 Å². The van der Waals surface area contributed by atoms with Gasteiger partial charge in [0.25, 0.3) is 0 Å². The van der Waals surface area contributed by atoms with E-state index >= 15 is 0 Å². The fourth-order valence-corrected chi connectivity index (χ4v) is 5.13. The van der Waals surface area contributed by atoms with Gasteiger partial charge < -0.3 is 10.2 Å². The summed E-state index contributed by atoms with van der Waals surface area (Å²) in [5.41, 5.74) is 0. The number of benzene rings is 1. The molecule has 1 aliphatic carbocycles. The molecule has 3 rings (SSSR count). The van der Waals surface area contributed by atoms with Crippen molar-refractivity contribution in [1.29, 1.82) is 0 Å². The van der Waals surface area contributed by atoms with Crippen LogP contribution in [0.3, 0.4) is 0 Å². The van der Waals surface area contributed by atoms with E-state index in [0.29, 0.717) is 6.04 Å². The van der Waals surface area contributed by atoms with Crippen molar-refractivity contribution in [2.45, 2.75) is 41.4 Å². The average molecular weight is 348 g/mol. The number of nitrogens with zero attached hydrogens (tertiary/aromatic N) is 2. The zero-order chi connectivity index (χ0) is 17.0. The molecule has 1 aliphatic heterocycles. The molecule has 1 heterocycles. The van der Waals surface area contributed by atoms with Gasteiger partial charge in [-0.25, -0.2) is 0 Å². The molecular weight excluding hydrogens is 318 g/mol. The van der Waals surface area contributed by atoms with Gasteiger partial charge >= 0.3 is 0 Å². The Morgan fingerprint density at radius 2 is 1.92 bits per heavy atom. The van der Waals surface area contributed by atoms with Gasteiger partial charge in [0, 0.05) is 37.1 Å². The predicted molar refractivity (Wildman–Crippen MR) is 100 cm³/mol. The molecule has 24 heavy (non-hydrogen) atoms. The summed E-state index contributed by atoms with van der Waals surface area (Å²) in [6.07, 6.45) is 4.27. The van der Waals surface area contributed by atoms with Gasteiger partial charge in [0.1, 0.15) is 0 Å². The molecule has 1 saturated heterocycles. The molecule has 0 aromatic heterocycles. The largest absolute Gasteiger partial charge is 0.353 e. The zero-order valence-corrected chi connectivity index (χ0v) is 15.6. The number of nitrogens with one attached hydrogen (secondary N) is 1. The lowest BCUT2D eigenvalue weighted by atomic mass is 10.1. The van der Waals surface area contributed by atoms with Gasteiger partial charge in [0.05, 0.1) is 4.75 Å². The first kappa shape index (κ1) is 17.8. The smallest absolute Gasteiger partial charge is 0.236 e. The van der Waals surface area contributed by atoms with Gasteiger partial charge in [0.15, 0.2) is 0 Å². The standard InChI is InChI=1S/C19H29N3OS/c1-21-12-13-22(2)16(15-21)14-20-18(23)19(10-6-7-11-19)24-17-8-4-3-5-9-17/h3-5,8-9,16H,6-7,10-15H2,1-2H3,(H,20,23). The third kappa shape index (κ3) is 4.13. The maximum atomic E-state index is 13.0. The molecule has 1 atom stereocenters. The number of hydrogen-bond acceptors (Lipinski definition) is 4. The van der Waals surface area contributed by atoms with Crippen LogP contribution in [-0.4, -0.2) is 66.8 Å². The minimum absolute atomic E-state index is 0.232. The van der Waals surface area contributed by atoms with Crippen molar-refractivity contribution >= 4 is 17.7 Å². The molecule has 4 nitrogen and oxygen atoms in total. The van der Waals surface area contributed by atoms with Gasteiger partial charge in [-0.15, -0.1) is 11.8 Å². The van der Waals surface area contributed by atoms with E-state index in [2.05, 4.69) is 53.5 Å². The van der Waals surface area contributed by atoms with Crippen LogP contribution in [0.15, 0.2) is 35.2 Å². The van der Waals surface area contributed by atoms with E-state index in [1.807, 2.05) is 6.07 Å². The molecular formula is C19H29N3OS. The number of likely N-dealkylation sites (N-methyl/N-ethyl adjacent to an activating group) is 2. The van der Waals surface area contributed by atoms with Gasteiger partial charge in [-0.05, 0) is 39.1 Å². The lowest BCUT2D eigenvalue weighted by molar-refractivity contribution is -0.123. The van der Waals surface area contributed by atoms with Crippen molar-refractivity contribution in [3.63, 3.8) is 0 Å². The van der Waals surface area contributed by atoms with Gasteiger partial charge in [-0.1, -0.05) is 31.0 Å². The Morgan fingerprint density at radius 1 is 1.21 bits per heavy atom. The van der Waals surface area contributed by atoms with Gasteiger partial charge in [-0.3, -0.25) is 9.69 Å². The summed E-state index contributed by atoms with van der Waals surface area (Å²) in [4.78, 5) is 19.0. The second kappa shape index (κ2) is 7.89. The number of piperazine rings is 1. The molecule has 132 valence electrons. The molecule has 5 heteroatoms. The molecule has 0 bridgehead atoms. The monoisotopic (exact) mass is 347 g/mol. The summed E-state index contributed by atoms with van der Waals surface area (Å²) >= 11 is 1.76. The molecule has 2 fully saturated rings. The second-order valence-electron chi connectivity index (χ2n) is 7.22. The number of hydrogen-bond donors (Lipinski definition) is 1. The van der Waals surface area contributed by atoms with Crippen LogP contribution < -0.4 is 5.32 Å². The van der Waals surface area contributed by atoms with Crippen molar-refractivity contribution in [2.24, 2.45) is 0 Å². The normalized spacial score (nSPS) is 24.8. The predicted octanol–water partition coefficient (Wildman–Crippen LogP) is 2.45. The maximum Gasteiger partial charge on any atom is 0.236 e. The van der Waals surface area contributed by atoms with Crippen LogP contribution in [0.2, 0.25) is 0 Å². The number of carbonyl (C=O) groups is 1. The molecule has 1 amide bonds. The maximum absolute atomic E-state index is 13.0. The fraction of sp³-hybridized carbons (Fsp3) is 0.632. The first-order valence-corrected chi connectivity index (χ1v) is 9.82. The van der Waals surface area contributed by atoms with E-state index in [0.717, 1.165) is 51.9 Å². The molecule has 0 radical (unpaired) electrons. The van der Waals surface area contributed by atoms with Crippen molar-refractivity contribution in [3.05, 3.63) is 30.3 Å². The van der Waals surface area contributed by atoms with E-state index in [4.69, 9.17) is 0 Å². The van der Waals surface area contributed by atoms with E-state index in [1.165, 1.54) is 4.90 Å². The first-order valence-electron chi connectivity index (χ1n) is 9.00. The van der Waals surface area contributed by atoms with E-state index in [9.17, 15) is 4.79 Å². The fourth-order valence-electron chi connectivity index (χ4n) is 3.73. The van der Waals surface area contributed by atoms with Crippen LogP contribution in [-0.2, 0) is 4.79 Å². The highest BCUT2D eigenvalue weighted by Gasteiger charge is 2.42. The van der Waals surface area contributed by atoms with Crippen LogP contribution in [0.25, 0.3) is 0 Å². The first-order chi connectivity index (χ1) is 11.6. The van der Waals surface area contributed by atoms with Crippen LogP contribution in [0.1, 0.15) is 25.7 Å². The Kier molecular flexibility index (Phi) is 5.85. The highest BCUT2D eigenvalue weighted by molar-refractivity contribution is 8.01. The van der Waals surface area contributed by atoms with Crippen LogP contribution >= 0.6 is 11.8 Å². The molecule has 2 aliphatic rings. The van der Waals surface area contributed by atoms with E-state index < -0.39 is 0 Å². The Balaban J connectivity index is 1.62. The molecule has 1 N–H and O–H groups in total. The summed E-state index contributed by atoms with van der Waals surface area (Å²) in [6.45, 7) is 3.95. The molecule has 1 unspecified atom stereocenters. The van der Waals surface area contributed by atoms with Crippen molar-refractivity contribution in [2.75, 3.05) is 40.3 Å². The Morgan fingerprint density at radius 3 is 2.62 bits per heavy atom. The molecule has 1 aromatic carbocycles. The topological polar surface area (TPSA) is 35.6 Å². The third-order valence-corrected chi connectivity index (χ3v) is 6.85. The summed E-state index contributed by atoms with van der Waals surface area (Å²) in [5.74, 6) is 0.232. The Hall–Kier alpha value is -1.04. The van der Waals surface area contributed by atoms with E-state index in [1.54, 1.807) is 11.8 Å². The summed E-state index contributed by atoms with van der Waals surface area (Å²) in [6, 6.07) is 10.8. The SMILES string of the molecule is CN1CCN(C)C(CNC(=O)C2(Sc3ccccc3)CCCC2)C1. The van der Waals surface area contributed by atoms with Crippen molar-refractivity contribution < 1.29 is 4.79 Å². The Bertz CT molecular complexity index is 545. The van der Waals surface area contributed by atoms with Gasteiger partial charge in [0.2, 0.25) is 5.91 Å². The Labute approximate surface area is 150 Å². The summed E-state index contributed by atoms with van der Waals surface area (Å²) in [5, 5.41) is 3.28. The van der Waals surface area contributed by atoms with Gasteiger partial charge in [-0.2, -0.15) is 0 Å². The van der Waals surface area contributed by atoms with Crippen LogP contribution in [0.5, 0.6) is 0 Å². The molecule has 0 spiro atoms. The van der Waals surface area contributed by atoms with Crippen LogP contribution in [0, 0.1) is 0 Å². The molecule has 1 saturated carbocycles. The highest BCUT2D eigenvalue weighted by atomic mass is 32.2. The average Bonchev–Trinajstić information content (AvgIpc) is 3.06. The zero-order valence-electron chi connectivity index (χ0n) is 14.8. The lowest BCUT2D eigenvalue weighted by Crippen LogP contribution is -2.56. The highest BCUT2D eigenvalue weighted by Crippen LogP contribution is 2.45. The quantitative estimate of drug-likeness (QED) is 0.887. The van der Waals surface area contributed by atoms with E-state index in [-0.39, 0.29) is 10.7 Å². The number of rotatable bonds is 5. The lowest BCUT2D eigenvalue weighted by Gasteiger charge is -2.38. The minimum Gasteiger partial charge on any atom is -0.353 e. The molecule has 1 aromatic rings. The van der Waals surface area contributed by atoms with Crippen LogP contribution in [0.4, 0.5) is 0 Å². The second-order valence-corrected chi connectivity index (χ2v) is 8.68. The summed E-state index contributed by atoms with van der Waals surface area (Å²) in [7, 11) is 4.32. The summed E-state index contributed by atoms with van der Waals surface area (Å²) < 4.78 is -0.277. The van der Waals surface area contributed by atoms with Crippen molar-refractivity contribution in [1.82, 2.24) is 15.1 Å². The third-order valence-electron chi connectivity index (χ3n) is 5.36. The minimum atomic E-state index is -0.277.